The van der Waals surface area contributed by atoms with Crippen LogP contribution < -0.4 is 0 Å². The number of benzene rings is 2. The van der Waals surface area contributed by atoms with Crippen LogP contribution in [0.3, 0.4) is 0 Å². The first-order valence-corrected chi connectivity index (χ1v) is 11.8. The van der Waals surface area contributed by atoms with Crippen molar-refractivity contribution in [3.05, 3.63) is 110 Å². The van der Waals surface area contributed by atoms with Gasteiger partial charge in [0.25, 0.3) is 11.6 Å². The minimum Gasteiger partial charge on any atom is -0.330 e. The van der Waals surface area contributed by atoms with Crippen LogP contribution in [0.1, 0.15) is 38.0 Å². The van der Waals surface area contributed by atoms with Gasteiger partial charge in [-0.05, 0) is 53.6 Å². The zero-order valence-corrected chi connectivity index (χ0v) is 19.7. The van der Waals surface area contributed by atoms with Gasteiger partial charge in [-0.2, -0.15) is 0 Å². The summed E-state index contributed by atoms with van der Waals surface area (Å²) in [5.74, 6) is -0.522. The molecule has 0 saturated heterocycles. The number of rotatable bonds is 7. The number of amides is 2. The molecule has 3 aromatic rings. The molecule has 1 atom stereocenters. The van der Waals surface area contributed by atoms with E-state index in [2.05, 4.69) is 24.1 Å². The van der Waals surface area contributed by atoms with Crippen molar-refractivity contribution < 1.29 is 14.5 Å². The molecule has 0 fully saturated rings. The molecule has 2 amide bonds. The fraction of sp³-hybridized carbons (Fsp3) is 0.231. The van der Waals surface area contributed by atoms with Gasteiger partial charge in [-0.3, -0.25) is 19.7 Å². The van der Waals surface area contributed by atoms with Crippen molar-refractivity contribution in [1.29, 1.82) is 0 Å². The smallest absolute Gasteiger partial charge is 0.269 e. The summed E-state index contributed by atoms with van der Waals surface area (Å²) in [4.78, 5) is 41.7. The zero-order valence-electron chi connectivity index (χ0n) is 18.8. The predicted molar refractivity (Wildman–Crippen MR) is 132 cm³/mol. The summed E-state index contributed by atoms with van der Waals surface area (Å²) >= 11 is 1.71. The number of carbonyl (C=O) groups excluding carboxylic acids is 2. The second kappa shape index (κ2) is 10.0. The topological polar surface area (TPSA) is 83.8 Å². The quantitative estimate of drug-likeness (QED) is 0.280. The largest absolute Gasteiger partial charge is 0.330 e. The first-order valence-electron chi connectivity index (χ1n) is 11.0. The Morgan fingerprint density at radius 1 is 1.18 bits per heavy atom. The lowest BCUT2D eigenvalue weighted by atomic mass is 9.90. The van der Waals surface area contributed by atoms with Crippen LogP contribution in [0.2, 0.25) is 0 Å². The van der Waals surface area contributed by atoms with Gasteiger partial charge in [-0.15, -0.1) is 17.9 Å². The third-order valence-corrected chi connectivity index (χ3v) is 7.05. The molecule has 4 rings (SSSR count). The normalized spacial score (nSPS) is 14.9. The summed E-state index contributed by atoms with van der Waals surface area (Å²) in [6, 6.07) is 15.3. The monoisotopic (exact) mass is 475 g/mol. The van der Waals surface area contributed by atoms with Crippen LogP contribution in [-0.4, -0.2) is 46.2 Å². The lowest BCUT2D eigenvalue weighted by Crippen LogP contribution is -2.47. The number of nitro benzene ring substituents is 1. The maximum Gasteiger partial charge on any atom is 0.269 e. The fourth-order valence-electron chi connectivity index (χ4n) is 4.35. The Morgan fingerprint density at radius 3 is 2.59 bits per heavy atom. The number of nitro groups is 1. The van der Waals surface area contributed by atoms with Crippen LogP contribution in [0.4, 0.5) is 5.69 Å². The first kappa shape index (κ1) is 23.4. The average molecular weight is 476 g/mol. The molecule has 0 aliphatic carbocycles. The number of thiophene rings is 1. The van der Waals surface area contributed by atoms with Crippen molar-refractivity contribution in [2.75, 3.05) is 19.6 Å². The van der Waals surface area contributed by atoms with Gasteiger partial charge in [0.15, 0.2) is 0 Å². The van der Waals surface area contributed by atoms with E-state index in [9.17, 15) is 19.7 Å². The standard InChI is InChI=1S/C26H25N3O4S/c1-3-14-27(26(31)19-8-10-20(11-9-19)29(32)33)17-24(30)28-15-12-23-22(13-16-34-23)25(28)21-7-5-4-6-18(21)2/h3-11,13,16,25H,1,12,14-15,17H2,2H3. The molecule has 8 heteroatoms. The molecule has 34 heavy (non-hydrogen) atoms. The van der Waals surface area contributed by atoms with Crippen LogP contribution in [0, 0.1) is 17.0 Å². The van der Waals surface area contributed by atoms with Crippen molar-refractivity contribution in [3.63, 3.8) is 0 Å². The van der Waals surface area contributed by atoms with Gasteiger partial charge < -0.3 is 9.80 Å². The van der Waals surface area contributed by atoms with E-state index in [1.807, 2.05) is 30.0 Å². The third kappa shape index (κ3) is 4.63. The Labute approximate surface area is 202 Å². The third-order valence-electron chi connectivity index (χ3n) is 6.06. The van der Waals surface area contributed by atoms with E-state index < -0.39 is 4.92 Å². The molecule has 0 radical (unpaired) electrons. The average Bonchev–Trinajstić information content (AvgIpc) is 3.32. The van der Waals surface area contributed by atoms with Crippen molar-refractivity contribution in [2.45, 2.75) is 19.4 Å². The summed E-state index contributed by atoms with van der Waals surface area (Å²) in [6.07, 6.45) is 2.35. The molecular formula is C26H25N3O4S. The SMILES string of the molecule is C=CCN(CC(=O)N1CCc2sccc2C1c1ccccc1C)C(=O)c1ccc([N+](=O)[O-])cc1. The highest BCUT2D eigenvalue weighted by atomic mass is 32.1. The van der Waals surface area contributed by atoms with E-state index in [1.54, 1.807) is 17.4 Å². The number of fused-ring (bicyclic) bond motifs is 1. The van der Waals surface area contributed by atoms with Gasteiger partial charge >= 0.3 is 0 Å². The molecule has 174 valence electrons. The number of non-ortho nitro benzene ring substituents is 1. The van der Waals surface area contributed by atoms with Crippen molar-refractivity contribution >= 4 is 28.8 Å². The van der Waals surface area contributed by atoms with E-state index in [0.717, 1.165) is 23.1 Å². The lowest BCUT2D eigenvalue weighted by molar-refractivity contribution is -0.384. The van der Waals surface area contributed by atoms with E-state index in [1.165, 1.54) is 34.0 Å². The van der Waals surface area contributed by atoms with Gasteiger partial charge in [0.05, 0.1) is 11.0 Å². The van der Waals surface area contributed by atoms with Crippen LogP contribution in [0.25, 0.3) is 0 Å². The summed E-state index contributed by atoms with van der Waals surface area (Å²) in [5.41, 5.74) is 3.51. The van der Waals surface area contributed by atoms with Gasteiger partial charge in [-0.1, -0.05) is 30.3 Å². The molecule has 0 spiro atoms. The Balaban J connectivity index is 1.60. The number of hydrogen-bond acceptors (Lipinski definition) is 5. The Bertz CT molecular complexity index is 1230. The number of nitrogens with zero attached hydrogens (tertiary/aromatic N) is 3. The molecule has 1 aliphatic heterocycles. The summed E-state index contributed by atoms with van der Waals surface area (Å²) in [7, 11) is 0. The van der Waals surface area contributed by atoms with Crippen LogP contribution in [0.15, 0.2) is 72.6 Å². The molecule has 1 aliphatic rings. The fourth-order valence-corrected chi connectivity index (χ4v) is 5.26. The zero-order chi connectivity index (χ0) is 24.2. The van der Waals surface area contributed by atoms with Crippen molar-refractivity contribution in [2.24, 2.45) is 0 Å². The van der Waals surface area contributed by atoms with Crippen LogP contribution in [0.5, 0.6) is 0 Å². The van der Waals surface area contributed by atoms with Crippen molar-refractivity contribution in [1.82, 2.24) is 9.80 Å². The lowest BCUT2D eigenvalue weighted by Gasteiger charge is -2.38. The molecule has 7 nitrogen and oxygen atoms in total. The molecule has 0 bridgehead atoms. The second-order valence-corrected chi connectivity index (χ2v) is 9.17. The van der Waals surface area contributed by atoms with Gasteiger partial charge in [0.2, 0.25) is 5.91 Å². The maximum absolute atomic E-state index is 13.6. The number of carbonyl (C=O) groups is 2. The summed E-state index contributed by atoms with van der Waals surface area (Å²) in [5, 5.41) is 13.0. The Hall–Kier alpha value is -3.78. The molecule has 0 N–H and O–H groups in total. The van der Waals surface area contributed by atoms with E-state index in [0.29, 0.717) is 6.54 Å². The molecule has 2 aromatic carbocycles. The highest BCUT2D eigenvalue weighted by Crippen LogP contribution is 2.39. The highest BCUT2D eigenvalue weighted by Gasteiger charge is 2.34. The molecule has 1 unspecified atom stereocenters. The predicted octanol–water partition coefficient (Wildman–Crippen LogP) is 4.77. The molecule has 1 aromatic heterocycles. The molecular weight excluding hydrogens is 450 g/mol. The Morgan fingerprint density at radius 2 is 1.91 bits per heavy atom. The highest BCUT2D eigenvalue weighted by molar-refractivity contribution is 7.10. The second-order valence-electron chi connectivity index (χ2n) is 8.17. The minimum atomic E-state index is -0.514. The van der Waals surface area contributed by atoms with Gasteiger partial charge in [-0.25, -0.2) is 0 Å². The maximum atomic E-state index is 13.6. The summed E-state index contributed by atoms with van der Waals surface area (Å²) in [6.45, 7) is 6.42. The van der Waals surface area contributed by atoms with Gasteiger partial charge in [0, 0.05) is 35.7 Å². The van der Waals surface area contributed by atoms with Crippen LogP contribution in [-0.2, 0) is 11.2 Å². The van der Waals surface area contributed by atoms with E-state index >= 15 is 0 Å². The van der Waals surface area contributed by atoms with Gasteiger partial charge in [0.1, 0.15) is 6.54 Å². The van der Waals surface area contributed by atoms with Crippen LogP contribution >= 0.6 is 11.3 Å². The van der Waals surface area contributed by atoms with Crippen molar-refractivity contribution in [3.8, 4) is 0 Å². The summed E-state index contributed by atoms with van der Waals surface area (Å²) < 4.78 is 0. The van der Waals surface area contributed by atoms with E-state index in [4.69, 9.17) is 0 Å². The number of aryl methyl sites for hydroxylation is 1. The number of hydrogen-bond donors (Lipinski definition) is 0. The minimum absolute atomic E-state index is 0.0937. The molecule has 2 heterocycles. The molecule has 0 saturated carbocycles. The first-order chi connectivity index (χ1) is 16.4. The Kier molecular flexibility index (Phi) is 6.88. The van der Waals surface area contributed by atoms with E-state index in [-0.39, 0.29) is 42.2 Å².